The maximum absolute atomic E-state index is 12.1. The average molecular weight is 343 g/mol. The molecule has 2 N–H and O–H groups in total. The number of carbonyl (C=O) groups is 2. The van der Waals surface area contributed by atoms with Gasteiger partial charge in [-0.15, -0.1) is 0 Å². The fourth-order valence-electron chi connectivity index (χ4n) is 2.11. The highest BCUT2D eigenvalue weighted by molar-refractivity contribution is 6.04. The van der Waals surface area contributed by atoms with Crippen molar-refractivity contribution >= 4 is 23.2 Å². The lowest BCUT2D eigenvalue weighted by atomic mass is 10.1. The van der Waals surface area contributed by atoms with Gasteiger partial charge in [0.05, 0.1) is 16.2 Å². The molecule has 130 valence electrons. The molecule has 2 rings (SSSR count). The van der Waals surface area contributed by atoms with E-state index in [-0.39, 0.29) is 17.3 Å². The van der Waals surface area contributed by atoms with E-state index in [1.54, 1.807) is 37.3 Å². The van der Waals surface area contributed by atoms with Crippen LogP contribution in [0.4, 0.5) is 11.4 Å². The van der Waals surface area contributed by atoms with Crippen LogP contribution in [0.2, 0.25) is 0 Å². The van der Waals surface area contributed by atoms with E-state index in [1.807, 2.05) is 0 Å². The van der Waals surface area contributed by atoms with Crippen molar-refractivity contribution in [1.82, 2.24) is 5.32 Å². The van der Waals surface area contributed by atoms with Crippen molar-refractivity contribution in [2.45, 2.75) is 6.92 Å². The van der Waals surface area contributed by atoms with E-state index < -0.39 is 17.4 Å². The first-order chi connectivity index (χ1) is 12.0. The monoisotopic (exact) mass is 343 g/mol. The Balaban J connectivity index is 2.05. The summed E-state index contributed by atoms with van der Waals surface area (Å²) < 4.78 is 5.23. The van der Waals surface area contributed by atoms with Gasteiger partial charge in [0, 0.05) is 12.6 Å². The van der Waals surface area contributed by atoms with E-state index in [0.29, 0.717) is 17.8 Å². The van der Waals surface area contributed by atoms with Crippen LogP contribution in [0.1, 0.15) is 17.3 Å². The first-order valence-electron chi connectivity index (χ1n) is 7.56. The molecule has 0 atom stereocenters. The van der Waals surface area contributed by atoms with Crippen LogP contribution in [0, 0.1) is 10.1 Å². The summed E-state index contributed by atoms with van der Waals surface area (Å²) in [5.41, 5.74) is 0.436. The van der Waals surface area contributed by atoms with Gasteiger partial charge in [0.2, 0.25) is 0 Å². The molecule has 0 unspecified atom stereocenters. The molecule has 0 aliphatic rings. The summed E-state index contributed by atoms with van der Waals surface area (Å²) in [6.07, 6.45) is 0. The molecule has 0 aliphatic heterocycles. The van der Waals surface area contributed by atoms with Crippen molar-refractivity contribution in [3.05, 3.63) is 64.2 Å². The number of para-hydroxylation sites is 3. The molecule has 25 heavy (non-hydrogen) atoms. The highest BCUT2D eigenvalue weighted by atomic mass is 16.6. The molecule has 0 heterocycles. The van der Waals surface area contributed by atoms with Crippen molar-refractivity contribution in [2.75, 3.05) is 18.5 Å². The van der Waals surface area contributed by atoms with Gasteiger partial charge in [-0.3, -0.25) is 19.7 Å². The number of amides is 2. The summed E-state index contributed by atoms with van der Waals surface area (Å²) >= 11 is 0. The van der Waals surface area contributed by atoms with Gasteiger partial charge < -0.3 is 15.4 Å². The van der Waals surface area contributed by atoms with Crippen molar-refractivity contribution in [1.29, 1.82) is 0 Å². The molecule has 2 amide bonds. The minimum absolute atomic E-state index is 0.000314. The van der Waals surface area contributed by atoms with Crippen LogP contribution in [-0.4, -0.2) is 29.9 Å². The maximum atomic E-state index is 12.1. The van der Waals surface area contributed by atoms with E-state index in [0.717, 1.165) is 0 Å². The zero-order chi connectivity index (χ0) is 18.2. The van der Waals surface area contributed by atoms with E-state index in [2.05, 4.69) is 10.6 Å². The Morgan fingerprint density at radius 3 is 2.52 bits per heavy atom. The SMILES string of the molecule is CCNC(=O)c1ccccc1NC(=O)COc1ccccc1[N+](=O)[O-]. The second-order valence-electron chi connectivity index (χ2n) is 4.97. The highest BCUT2D eigenvalue weighted by Crippen LogP contribution is 2.25. The fourth-order valence-corrected chi connectivity index (χ4v) is 2.11. The number of ether oxygens (including phenoxy) is 1. The van der Waals surface area contributed by atoms with Gasteiger partial charge in [0.1, 0.15) is 0 Å². The second kappa shape index (κ2) is 8.44. The Bertz CT molecular complexity index is 791. The van der Waals surface area contributed by atoms with Gasteiger partial charge in [-0.05, 0) is 25.1 Å². The Morgan fingerprint density at radius 1 is 1.12 bits per heavy atom. The average Bonchev–Trinajstić information content (AvgIpc) is 2.60. The molecule has 0 saturated carbocycles. The molecule has 0 saturated heterocycles. The molecule has 2 aromatic rings. The van der Waals surface area contributed by atoms with Gasteiger partial charge in [-0.1, -0.05) is 24.3 Å². The summed E-state index contributed by atoms with van der Waals surface area (Å²) in [5.74, 6) is -0.840. The Morgan fingerprint density at radius 2 is 1.80 bits per heavy atom. The van der Waals surface area contributed by atoms with Crippen LogP contribution in [0.3, 0.4) is 0 Å². The third kappa shape index (κ3) is 4.77. The van der Waals surface area contributed by atoms with Crippen LogP contribution in [0.5, 0.6) is 5.75 Å². The zero-order valence-electron chi connectivity index (χ0n) is 13.5. The maximum Gasteiger partial charge on any atom is 0.310 e. The molecule has 2 aromatic carbocycles. The molecule has 0 radical (unpaired) electrons. The number of hydrogen-bond donors (Lipinski definition) is 2. The highest BCUT2D eigenvalue weighted by Gasteiger charge is 2.16. The van der Waals surface area contributed by atoms with Crippen LogP contribution in [0.15, 0.2) is 48.5 Å². The molecular formula is C17H17N3O5. The molecule has 0 fully saturated rings. The Hall–Kier alpha value is -3.42. The molecule has 0 aromatic heterocycles. The molecule has 8 nitrogen and oxygen atoms in total. The zero-order valence-corrected chi connectivity index (χ0v) is 13.5. The van der Waals surface area contributed by atoms with Crippen molar-refractivity contribution < 1.29 is 19.2 Å². The Labute approximate surface area is 144 Å². The van der Waals surface area contributed by atoms with Gasteiger partial charge in [-0.2, -0.15) is 0 Å². The molecule has 0 aliphatic carbocycles. The summed E-state index contributed by atoms with van der Waals surface area (Å²) in [6, 6.07) is 12.3. The lowest BCUT2D eigenvalue weighted by molar-refractivity contribution is -0.385. The number of carbonyl (C=O) groups excluding carboxylic acids is 2. The summed E-state index contributed by atoms with van der Waals surface area (Å²) in [7, 11) is 0. The molecule has 8 heteroatoms. The van der Waals surface area contributed by atoms with Crippen LogP contribution >= 0.6 is 0 Å². The standard InChI is InChI=1S/C17H17N3O5/c1-2-18-17(22)12-7-3-4-8-13(12)19-16(21)11-25-15-10-6-5-9-14(15)20(23)24/h3-10H,2,11H2,1H3,(H,18,22)(H,19,21). The number of nitrogens with zero attached hydrogens (tertiary/aromatic N) is 1. The molecule has 0 bridgehead atoms. The van der Waals surface area contributed by atoms with E-state index in [4.69, 9.17) is 4.74 Å². The smallest absolute Gasteiger partial charge is 0.310 e. The third-order valence-corrected chi connectivity index (χ3v) is 3.20. The first kappa shape index (κ1) is 17.9. The van der Waals surface area contributed by atoms with Crippen LogP contribution in [-0.2, 0) is 4.79 Å². The lowest BCUT2D eigenvalue weighted by Crippen LogP contribution is -2.26. The largest absolute Gasteiger partial charge is 0.477 e. The van der Waals surface area contributed by atoms with Crippen molar-refractivity contribution in [2.24, 2.45) is 0 Å². The van der Waals surface area contributed by atoms with E-state index >= 15 is 0 Å². The predicted octanol–water partition coefficient (Wildman–Crippen LogP) is 2.36. The van der Waals surface area contributed by atoms with Gasteiger partial charge >= 0.3 is 5.69 Å². The van der Waals surface area contributed by atoms with Crippen molar-refractivity contribution in [3.63, 3.8) is 0 Å². The number of benzene rings is 2. The second-order valence-corrected chi connectivity index (χ2v) is 4.97. The predicted molar refractivity (Wildman–Crippen MR) is 91.7 cm³/mol. The van der Waals surface area contributed by atoms with E-state index in [9.17, 15) is 19.7 Å². The molecular weight excluding hydrogens is 326 g/mol. The van der Waals surface area contributed by atoms with Gasteiger partial charge in [-0.25, -0.2) is 0 Å². The summed E-state index contributed by atoms with van der Waals surface area (Å²) in [4.78, 5) is 34.4. The lowest BCUT2D eigenvalue weighted by Gasteiger charge is -2.11. The van der Waals surface area contributed by atoms with Crippen LogP contribution in [0.25, 0.3) is 0 Å². The number of anilines is 1. The summed E-state index contributed by atoms with van der Waals surface area (Å²) in [6.45, 7) is 1.83. The van der Waals surface area contributed by atoms with E-state index in [1.165, 1.54) is 18.2 Å². The fraction of sp³-hybridized carbons (Fsp3) is 0.176. The number of nitrogens with one attached hydrogen (secondary N) is 2. The summed E-state index contributed by atoms with van der Waals surface area (Å²) in [5, 5.41) is 16.2. The quantitative estimate of drug-likeness (QED) is 0.592. The number of hydrogen-bond acceptors (Lipinski definition) is 5. The van der Waals surface area contributed by atoms with Gasteiger partial charge in [0.15, 0.2) is 12.4 Å². The Kier molecular flexibility index (Phi) is 6.05. The van der Waals surface area contributed by atoms with Gasteiger partial charge in [0.25, 0.3) is 11.8 Å². The van der Waals surface area contributed by atoms with Crippen LogP contribution < -0.4 is 15.4 Å². The minimum Gasteiger partial charge on any atom is -0.477 e. The number of nitro benzene ring substituents is 1. The van der Waals surface area contributed by atoms with Crippen molar-refractivity contribution in [3.8, 4) is 5.75 Å². The number of rotatable bonds is 7. The normalized spacial score (nSPS) is 9.96. The molecule has 0 spiro atoms. The number of nitro groups is 1. The first-order valence-corrected chi connectivity index (χ1v) is 7.56. The topological polar surface area (TPSA) is 111 Å². The third-order valence-electron chi connectivity index (χ3n) is 3.20. The minimum atomic E-state index is -0.586.